The van der Waals surface area contributed by atoms with Gasteiger partial charge in [-0.3, -0.25) is 0 Å². The van der Waals surface area contributed by atoms with Gasteiger partial charge in [0.05, 0.1) is 0 Å². The second-order valence-electron chi connectivity index (χ2n) is 6.68. The van der Waals surface area contributed by atoms with E-state index in [4.69, 9.17) is 0 Å². The van der Waals surface area contributed by atoms with Gasteiger partial charge in [0, 0.05) is 0 Å². The van der Waals surface area contributed by atoms with E-state index in [-0.39, 0.29) is 29.7 Å². The minimum Gasteiger partial charge on any atom is -0.508 e. The number of rotatable bonds is 6. The zero-order valence-corrected chi connectivity index (χ0v) is 15.5. The van der Waals surface area contributed by atoms with Crippen molar-refractivity contribution >= 4 is 0 Å². The summed E-state index contributed by atoms with van der Waals surface area (Å²) in [4.78, 5) is 0. The number of halogens is 6. The van der Waals surface area contributed by atoms with Crippen molar-refractivity contribution in [1.82, 2.24) is 0 Å². The van der Waals surface area contributed by atoms with Crippen LogP contribution < -0.4 is 0 Å². The molecule has 0 aliphatic carbocycles. The molecule has 0 unspecified atom stereocenters. The van der Waals surface area contributed by atoms with Gasteiger partial charge in [0.25, 0.3) is 0 Å². The molecule has 0 spiro atoms. The van der Waals surface area contributed by atoms with Crippen molar-refractivity contribution < 1.29 is 36.6 Å². The number of hydrogen-bond acceptors (Lipinski definition) is 2. The minimum absolute atomic E-state index is 0.00651. The predicted octanol–water partition coefficient (Wildman–Crippen LogP) is 6.19. The first-order chi connectivity index (χ1) is 13.4. The van der Waals surface area contributed by atoms with Crippen LogP contribution in [0.15, 0.2) is 49.1 Å². The number of phenols is 2. The molecule has 2 aromatic rings. The number of alkyl halides is 6. The fourth-order valence-corrected chi connectivity index (χ4v) is 3.41. The third-order valence-corrected chi connectivity index (χ3v) is 4.76. The van der Waals surface area contributed by atoms with Gasteiger partial charge in [0.1, 0.15) is 11.5 Å². The molecule has 29 heavy (non-hydrogen) atoms. The van der Waals surface area contributed by atoms with Gasteiger partial charge in [-0.2, -0.15) is 26.3 Å². The Kier molecular flexibility index (Phi) is 6.25. The lowest BCUT2D eigenvalue weighted by Crippen LogP contribution is -2.54. The van der Waals surface area contributed by atoms with Gasteiger partial charge in [-0.15, -0.1) is 6.58 Å². The van der Waals surface area contributed by atoms with Crippen molar-refractivity contribution in [2.75, 3.05) is 0 Å². The summed E-state index contributed by atoms with van der Waals surface area (Å²) in [7, 11) is 0. The van der Waals surface area contributed by atoms with Crippen LogP contribution in [0, 0.1) is 0 Å². The van der Waals surface area contributed by atoms with Crippen molar-refractivity contribution in [2.45, 2.75) is 44.0 Å². The van der Waals surface area contributed by atoms with Crippen LogP contribution in [0.4, 0.5) is 26.3 Å². The highest BCUT2D eigenvalue weighted by atomic mass is 19.4. The molecule has 0 aliphatic rings. The summed E-state index contributed by atoms with van der Waals surface area (Å²) in [5.41, 5.74) is -6.56. The molecule has 0 aromatic heterocycles. The fraction of sp³-hybridized carbons (Fsp3) is 0.333. The van der Waals surface area contributed by atoms with E-state index in [0.29, 0.717) is 24.6 Å². The van der Waals surface area contributed by atoms with Crippen molar-refractivity contribution in [3.05, 3.63) is 71.3 Å². The molecule has 158 valence electrons. The molecule has 2 nitrogen and oxygen atoms in total. The highest BCUT2D eigenvalue weighted by Gasteiger charge is 2.72. The number of phenolic OH excluding ortho intramolecular Hbond substituents is 2. The van der Waals surface area contributed by atoms with Gasteiger partial charge in [0.2, 0.25) is 5.41 Å². The van der Waals surface area contributed by atoms with E-state index >= 15 is 0 Å². The summed E-state index contributed by atoms with van der Waals surface area (Å²) >= 11 is 0. The molecule has 0 saturated heterocycles. The summed E-state index contributed by atoms with van der Waals surface area (Å²) in [5, 5.41) is 19.7. The Balaban J connectivity index is 2.93. The maximum absolute atomic E-state index is 14.2. The standard InChI is InChI=1S/C21H20F6O2/c1-3-5-13-11-15(7-9-17(13)28)19(20(22,23)24,21(25,26)27)16-8-10-18(29)14(12-16)6-4-2/h3,7-12,28-29H,1,4-6H2,2H3. The van der Waals surface area contributed by atoms with Crippen LogP contribution in [0.25, 0.3) is 0 Å². The van der Waals surface area contributed by atoms with Gasteiger partial charge in [-0.25, -0.2) is 0 Å². The maximum atomic E-state index is 14.2. The molecule has 0 bridgehead atoms. The molecule has 0 heterocycles. The zero-order valence-electron chi connectivity index (χ0n) is 15.5. The van der Waals surface area contributed by atoms with Crippen molar-refractivity contribution in [3.63, 3.8) is 0 Å². The van der Waals surface area contributed by atoms with Crippen molar-refractivity contribution in [3.8, 4) is 11.5 Å². The minimum atomic E-state index is -5.74. The lowest BCUT2D eigenvalue weighted by atomic mass is 9.72. The maximum Gasteiger partial charge on any atom is 0.411 e. The van der Waals surface area contributed by atoms with Gasteiger partial charge in [-0.05, 0) is 47.2 Å². The molecule has 2 aromatic carbocycles. The zero-order chi connectivity index (χ0) is 22.0. The molecular formula is C21H20F6O2. The summed E-state index contributed by atoms with van der Waals surface area (Å²) < 4.78 is 85.3. The third-order valence-electron chi connectivity index (χ3n) is 4.76. The monoisotopic (exact) mass is 418 g/mol. The largest absolute Gasteiger partial charge is 0.508 e. The molecule has 8 heteroatoms. The Morgan fingerprint density at radius 3 is 1.69 bits per heavy atom. The van der Waals surface area contributed by atoms with Crippen LogP contribution in [0.1, 0.15) is 35.6 Å². The second-order valence-corrected chi connectivity index (χ2v) is 6.68. The first-order valence-electron chi connectivity index (χ1n) is 8.79. The summed E-state index contributed by atoms with van der Waals surface area (Å²) in [6, 6.07) is 4.36. The van der Waals surface area contributed by atoms with Crippen LogP contribution >= 0.6 is 0 Å². The van der Waals surface area contributed by atoms with E-state index in [9.17, 15) is 36.6 Å². The average Bonchev–Trinajstić information content (AvgIpc) is 2.59. The van der Waals surface area contributed by atoms with Gasteiger partial charge in [-0.1, -0.05) is 43.7 Å². The van der Waals surface area contributed by atoms with Crippen molar-refractivity contribution in [1.29, 1.82) is 0 Å². The first-order valence-corrected chi connectivity index (χ1v) is 8.79. The van der Waals surface area contributed by atoms with Crippen LogP contribution in [-0.4, -0.2) is 22.6 Å². The lowest BCUT2D eigenvalue weighted by Gasteiger charge is -2.38. The van der Waals surface area contributed by atoms with Crippen LogP contribution in [0.5, 0.6) is 11.5 Å². The van der Waals surface area contributed by atoms with E-state index in [1.165, 1.54) is 6.08 Å². The van der Waals surface area contributed by atoms with E-state index in [1.54, 1.807) is 6.92 Å². The highest BCUT2D eigenvalue weighted by Crippen LogP contribution is 2.57. The van der Waals surface area contributed by atoms with E-state index < -0.39 is 34.6 Å². The van der Waals surface area contributed by atoms with Gasteiger partial charge >= 0.3 is 12.4 Å². The van der Waals surface area contributed by atoms with Crippen molar-refractivity contribution in [2.24, 2.45) is 0 Å². The SMILES string of the molecule is C=CCc1cc(C(c2ccc(O)c(CCC)c2)(C(F)(F)F)C(F)(F)F)ccc1O. The number of allylic oxidation sites excluding steroid dienone is 1. The summed E-state index contributed by atoms with van der Waals surface area (Å²) in [6.07, 6.45) is -9.79. The van der Waals surface area contributed by atoms with Crippen LogP contribution in [0.3, 0.4) is 0 Å². The molecule has 0 fully saturated rings. The third kappa shape index (κ3) is 3.93. The Morgan fingerprint density at radius 1 is 0.828 bits per heavy atom. The van der Waals surface area contributed by atoms with Gasteiger partial charge < -0.3 is 10.2 Å². The first kappa shape index (κ1) is 22.6. The van der Waals surface area contributed by atoms with Crippen LogP contribution in [-0.2, 0) is 18.3 Å². The molecule has 2 rings (SSSR count). The average molecular weight is 418 g/mol. The predicted molar refractivity (Wildman–Crippen MR) is 97.0 cm³/mol. The Morgan fingerprint density at radius 2 is 1.28 bits per heavy atom. The number of benzene rings is 2. The van der Waals surface area contributed by atoms with Gasteiger partial charge in [0.15, 0.2) is 0 Å². The molecule has 2 N–H and O–H groups in total. The summed E-state index contributed by atoms with van der Waals surface area (Å²) in [6.45, 7) is 5.09. The Hall–Kier alpha value is -2.64. The number of aryl methyl sites for hydroxylation is 1. The fourth-order valence-electron chi connectivity index (χ4n) is 3.41. The second kappa shape index (κ2) is 8.00. The molecule has 0 radical (unpaired) electrons. The molecule has 0 saturated carbocycles. The molecule has 0 aliphatic heterocycles. The smallest absolute Gasteiger partial charge is 0.411 e. The van der Waals surface area contributed by atoms with E-state index in [2.05, 4.69) is 6.58 Å². The highest BCUT2D eigenvalue weighted by molar-refractivity contribution is 5.51. The topological polar surface area (TPSA) is 40.5 Å². The molecule has 0 atom stereocenters. The number of aromatic hydroxyl groups is 2. The number of hydrogen-bond donors (Lipinski definition) is 2. The Labute approximate surface area is 164 Å². The molecular weight excluding hydrogens is 398 g/mol. The van der Waals surface area contributed by atoms with E-state index in [1.807, 2.05) is 0 Å². The quantitative estimate of drug-likeness (QED) is 0.434. The molecule has 0 amide bonds. The Bertz CT molecular complexity index is 870. The van der Waals surface area contributed by atoms with Crippen LogP contribution in [0.2, 0.25) is 0 Å². The van der Waals surface area contributed by atoms with E-state index in [0.717, 1.165) is 18.2 Å². The normalized spacial score (nSPS) is 12.8. The summed E-state index contributed by atoms with van der Waals surface area (Å²) in [5.74, 6) is -0.795. The lowest BCUT2D eigenvalue weighted by molar-refractivity contribution is -0.288.